The van der Waals surface area contributed by atoms with Crippen LogP contribution < -0.4 is 0 Å². The summed E-state index contributed by atoms with van der Waals surface area (Å²) in [5, 5.41) is 0. The molecule has 0 aliphatic rings. The highest BCUT2D eigenvalue weighted by molar-refractivity contribution is 7.80. The Kier molecular flexibility index (Phi) is 8.34. The van der Waals surface area contributed by atoms with Crippen LogP contribution in [0.25, 0.3) is 0 Å². The molecular formula is C11H23NOS. The first kappa shape index (κ1) is 14.0. The molecule has 0 aromatic rings. The number of rotatable bonds is 8. The standard InChI is InChI=1S/C11H23NOS/c1-10(2)7-12(5-6-13-4)8-11(3)9-14/h10,14H,3,5-9H2,1-2,4H3. The average Bonchev–Trinajstić information content (AvgIpc) is 2.13. The first-order valence-electron chi connectivity index (χ1n) is 5.09. The Morgan fingerprint density at radius 2 is 2.14 bits per heavy atom. The first-order chi connectivity index (χ1) is 6.60. The van der Waals surface area contributed by atoms with Gasteiger partial charge >= 0.3 is 0 Å². The molecule has 0 aliphatic carbocycles. The van der Waals surface area contributed by atoms with E-state index in [0.29, 0.717) is 5.92 Å². The van der Waals surface area contributed by atoms with Gasteiger partial charge in [0, 0.05) is 32.5 Å². The van der Waals surface area contributed by atoms with Gasteiger partial charge in [-0.15, -0.1) is 0 Å². The van der Waals surface area contributed by atoms with Crippen LogP contribution in [0.3, 0.4) is 0 Å². The van der Waals surface area contributed by atoms with E-state index in [1.165, 1.54) is 5.57 Å². The Hall–Kier alpha value is 0.01000. The molecule has 0 unspecified atom stereocenters. The second kappa shape index (κ2) is 8.33. The Bertz CT molecular complexity index is 159. The van der Waals surface area contributed by atoms with Crippen LogP contribution in [0, 0.1) is 5.92 Å². The summed E-state index contributed by atoms with van der Waals surface area (Å²) in [5.74, 6) is 1.45. The van der Waals surface area contributed by atoms with Crippen molar-refractivity contribution >= 4 is 12.6 Å². The van der Waals surface area contributed by atoms with Crippen LogP contribution in [-0.2, 0) is 4.74 Å². The summed E-state index contributed by atoms with van der Waals surface area (Å²) in [4.78, 5) is 2.37. The molecule has 14 heavy (non-hydrogen) atoms. The van der Waals surface area contributed by atoms with Crippen molar-refractivity contribution < 1.29 is 4.74 Å². The molecule has 0 saturated heterocycles. The summed E-state index contributed by atoms with van der Waals surface area (Å²) < 4.78 is 5.08. The number of hydrogen-bond acceptors (Lipinski definition) is 3. The maximum absolute atomic E-state index is 5.08. The maximum Gasteiger partial charge on any atom is 0.0589 e. The van der Waals surface area contributed by atoms with Crippen LogP contribution in [0.4, 0.5) is 0 Å². The third kappa shape index (κ3) is 7.42. The third-order valence-corrected chi connectivity index (χ3v) is 2.35. The molecule has 0 amide bonds. The summed E-state index contributed by atoms with van der Waals surface area (Å²) in [5.41, 5.74) is 1.17. The van der Waals surface area contributed by atoms with E-state index in [9.17, 15) is 0 Å². The van der Waals surface area contributed by atoms with E-state index >= 15 is 0 Å². The summed E-state index contributed by atoms with van der Waals surface area (Å²) >= 11 is 4.21. The topological polar surface area (TPSA) is 12.5 Å². The van der Waals surface area contributed by atoms with Crippen LogP contribution in [0.5, 0.6) is 0 Å². The van der Waals surface area contributed by atoms with Crippen LogP contribution in [0.15, 0.2) is 12.2 Å². The van der Waals surface area contributed by atoms with Gasteiger partial charge in [-0.05, 0) is 5.92 Å². The monoisotopic (exact) mass is 217 g/mol. The van der Waals surface area contributed by atoms with Gasteiger partial charge in [0.25, 0.3) is 0 Å². The van der Waals surface area contributed by atoms with Gasteiger partial charge in [-0.2, -0.15) is 12.6 Å². The lowest BCUT2D eigenvalue weighted by Crippen LogP contribution is -2.32. The minimum atomic E-state index is 0.680. The van der Waals surface area contributed by atoms with Crippen molar-refractivity contribution in [1.82, 2.24) is 4.90 Å². The smallest absolute Gasteiger partial charge is 0.0589 e. The second-order valence-electron chi connectivity index (χ2n) is 4.03. The molecule has 0 aromatic carbocycles. The number of ether oxygens (including phenoxy) is 1. The van der Waals surface area contributed by atoms with Crippen LogP contribution in [-0.4, -0.2) is 44.0 Å². The number of thiol groups is 1. The summed E-state index contributed by atoms with van der Waals surface area (Å²) in [6, 6.07) is 0. The van der Waals surface area contributed by atoms with Gasteiger partial charge in [-0.3, -0.25) is 4.90 Å². The summed E-state index contributed by atoms with van der Waals surface area (Å²) in [6.07, 6.45) is 0. The van der Waals surface area contributed by atoms with Gasteiger partial charge in [0.1, 0.15) is 0 Å². The van der Waals surface area contributed by atoms with Crippen molar-refractivity contribution in [2.45, 2.75) is 13.8 Å². The molecule has 84 valence electrons. The molecule has 0 atom stereocenters. The molecule has 0 radical (unpaired) electrons. The molecular weight excluding hydrogens is 194 g/mol. The fourth-order valence-electron chi connectivity index (χ4n) is 1.34. The van der Waals surface area contributed by atoms with Crippen molar-refractivity contribution in [1.29, 1.82) is 0 Å². The predicted molar refractivity (Wildman–Crippen MR) is 66.1 cm³/mol. The van der Waals surface area contributed by atoms with Gasteiger partial charge in [0.15, 0.2) is 0 Å². The number of methoxy groups -OCH3 is 1. The highest BCUT2D eigenvalue weighted by Gasteiger charge is 2.07. The van der Waals surface area contributed by atoms with Crippen molar-refractivity contribution in [2.75, 3.05) is 39.1 Å². The molecule has 0 saturated carbocycles. The zero-order valence-electron chi connectivity index (χ0n) is 9.62. The van der Waals surface area contributed by atoms with Gasteiger partial charge in [-0.1, -0.05) is 26.0 Å². The maximum atomic E-state index is 5.08. The third-order valence-electron chi connectivity index (χ3n) is 1.91. The molecule has 0 heterocycles. The van der Waals surface area contributed by atoms with Gasteiger partial charge in [0.05, 0.1) is 6.61 Å². The molecule has 3 heteroatoms. The number of nitrogens with zero attached hydrogens (tertiary/aromatic N) is 1. The van der Waals surface area contributed by atoms with E-state index in [0.717, 1.165) is 32.0 Å². The van der Waals surface area contributed by atoms with Crippen LogP contribution in [0.1, 0.15) is 13.8 Å². The molecule has 0 aliphatic heterocycles. The van der Waals surface area contributed by atoms with E-state index in [4.69, 9.17) is 4.74 Å². The Morgan fingerprint density at radius 1 is 1.50 bits per heavy atom. The Labute approximate surface area is 93.7 Å². The lowest BCUT2D eigenvalue weighted by atomic mass is 10.2. The number of hydrogen-bond donors (Lipinski definition) is 1. The fourth-order valence-corrected chi connectivity index (χ4v) is 1.44. The second-order valence-corrected chi connectivity index (χ2v) is 4.35. The highest BCUT2D eigenvalue weighted by Crippen LogP contribution is 2.03. The molecule has 0 spiro atoms. The summed E-state index contributed by atoms with van der Waals surface area (Å²) in [7, 11) is 1.74. The molecule has 0 bridgehead atoms. The van der Waals surface area contributed by atoms with Gasteiger partial charge < -0.3 is 4.74 Å². The molecule has 0 rings (SSSR count). The summed E-state index contributed by atoms with van der Waals surface area (Å²) in [6.45, 7) is 12.2. The minimum absolute atomic E-state index is 0.680. The minimum Gasteiger partial charge on any atom is -0.383 e. The Balaban J connectivity index is 3.89. The van der Waals surface area contributed by atoms with E-state index in [1.54, 1.807) is 7.11 Å². The van der Waals surface area contributed by atoms with E-state index in [1.807, 2.05) is 0 Å². The van der Waals surface area contributed by atoms with Crippen molar-refractivity contribution in [3.8, 4) is 0 Å². The Morgan fingerprint density at radius 3 is 2.57 bits per heavy atom. The van der Waals surface area contributed by atoms with Gasteiger partial charge in [0.2, 0.25) is 0 Å². The molecule has 0 N–H and O–H groups in total. The fraction of sp³-hybridized carbons (Fsp3) is 0.818. The zero-order valence-corrected chi connectivity index (χ0v) is 10.5. The highest BCUT2D eigenvalue weighted by atomic mass is 32.1. The van der Waals surface area contributed by atoms with Crippen LogP contribution in [0.2, 0.25) is 0 Å². The average molecular weight is 217 g/mol. The molecule has 2 nitrogen and oxygen atoms in total. The lowest BCUT2D eigenvalue weighted by molar-refractivity contribution is 0.146. The first-order valence-corrected chi connectivity index (χ1v) is 5.72. The van der Waals surface area contributed by atoms with E-state index in [2.05, 4.69) is 38.0 Å². The molecule has 0 aromatic heterocycles. The quantitative estimate of drug-likeness (QED) is 0.494. The zero-order chi connectivity index (χ0) is 11.0. The van der Waals surface area contributed by atoms with Crippen LogP contribution >= 0.6 is 12.6 Å². The largest absolute Gasteiger partial charge is 0.383 e. The normalized spacial score (nSPS) is 11.3. The van der Waals surface area contributed by atoms with Gasteiger partial charge in [-0.25, -0.2) is 0 Å². The SMILES string of the molecule is C=C(CS)CN(CCOC)CC(C)C. The lowest BCUT2D eigenvalue weighted by Gasteiger charge is -2.24. The van der Waals surface area contributed by atoms with Crippen molar-refractivity contribution in [3.63, 3.8) is 0 Å². The predicted octanol–water partition coefficient (Wildman–Crippen LogP) is 2.08. The molecule has 0 fully saturated rings. The van der Waals surface area contributed by atoms with Crippen molar-refractivity contribution in [3.05, 3.63) is 12.2 Å². The van der Waals surface area contributed by atoms with E-state index in [-0.39, 0.29) is 0 Å². The van der Waals surface area contributed by atoms with Crippen molar-refractivity contribution in [2.24, 2.45) is 5.92 Å². The van der Waals surface area contributed by atoms with E-state index < -0.39 is 0 Å².